The molecule has 0 saturated heterocycles. The SMILES string of the molecule is CC(C)(C)NC(=O)C(=Cc1cccs1)NC(=O)c1cccs1. The first kappa shape index (κ1) is 16.5. The van der Waals surface area contributed by atoms with E-state index in [9.17, 15) is 9.59 Å². The molecule has 0 aliphatic heterocycles. The molecule has 2 heterocycles. The minimum atomic E-state index is -0.376. The minimum Gasteiger partial charge on any atom is -0.346 e. The van der Waals surface area contributed by atoms with Gasteiger partial charge in [-0.2, -0.15) is 0 Å². The third-order valence-corrected chi connectivity index (χ3v) is 4.24. The van der Waals surface area contributed by atoms with Gasteiger partial charge in [0.15, 0.2) is 0 Å². The maximum Gasteiger partial charge on any atom is 0.268 e. The highest BCUT2D eigenvalue weighted by atomic mass is 32.1. The molecule has 116 valence electrons. The van der Waals surface area contributed by atoms with E-state index in [1.165, 1.54) is 22.7 Å². The molecule has 0 atom stereocenters. The highest BCUT2D eigenvalue weighted by molar-refractivity contribution is 7.12. The van der Waals surface area contributed by atoms with Crippen molar-refractivity contribution in [3.05, 3.63) is 50.5 Å². The highest BCUT2D eigenvalue weighted by Gasteiger charge is 2.20. The van der Waals surface area contributed by atoms with Gasteiger partial charge in [-0.1, -0.05) is 12.1 Å². The average molecular weight is 334 g/mol. The molecule has 0 unspecified atom stereocenters. The van der Waals surface area contributed by atoms with Crippen LogP contribution in [0, 0.1) is 0 Å². The van der Waals surface area contributed by atoms with Gasteiger partial charge < -0.3 is 10.6 Å². The molecule has 0 radical (unpaired) electrons. The lowest BCUT2D eigenvalue weighted by atomic mass is 10.1. The first-order valence-electron chi connectivity index (χ1n) is 6.78. The third kappa shape index (κ3) is 4.82. The Hall–Kier alpha value is -1.92. The normalized spacial score (nSPS) is 12.0. The summed E-state index contributed by atoms with van der Waals surface area (Å²) in [5.41, 5.74) is -0.130. The highest BCUT2D eigenvalue weighted by Crippen LogP contribution is 2.15. The first-order chi connectivity index (χ1) is 10.3. The molecular formula is C16H18N2O2S2. The molecule has 2 N–H and O–H groups in total. The fourth-order valence-electron chi connectivity index (χ4n) is 1.67. The van der Waals surface area contributed by atoms with Crippen molar-refractivity contribution in [3.63, 3.8) is 0 Å². The van der Waals surface area contributed by atoms with Crippen molar-refractivity contribution in [2.24, 2.45) is 0 Å². The Morgan fingerprint density at radius 1 is 1.09 bits per heavy atom. The molecule has 2 amide bonds. The van der Waals surface area contributed by atoms with Crippen molar-refractivity contribution in [2.75, 3.05) is 0 Å². The van der Waals surface area contributed by atoms with Crippen LogP contribution in [-0.2, 0) is 4.79 Å². The Bertz CT molecular complexity index is 666. The van der Waals surface area contributed by atoms with Crippen molar-refractivity contribution in [2.45, 2.75) is 26.3 Å². The van der Waals surface area contributed by atoms with Crippen molar-refractivity contribution in [3.8, 4) is 0 Å². The predicted molar refractivity (Wildman–Crippen MR) is 92.0 cm³/mol. The van der Waals surface area contributed by atoms with Crippen molar-refractivity contribution < 1.29 is 9.59 Å². The summed E-state index contributed by atoms with van der Waals surface area (Å²) in [4.78, 5) is 26.1. The lowest BCUT2D eigenvalue weighted by Gasteiger charge is -2.21. The lowest BCUT2D eigenvalue weighted by Crippen LogP contribution is -2.44. The van der Waals surface area contributed by atoms with Crippen LogP contribution in [0.3, 0.4) is 0 Å². The molecule has 2 rings (SSSR count). The summed E-state index contributed by atoms with van der Waals surface area (Å²) in [6.07, 6.45) is 1.69. The van der Waals surface area contributed by atoms with Gasteiger partial charge in [-0.3, -0.25) is 9.59 Å². The number of hydrogen-bond donors (Lipinski definition) is 2. The summed E-state index contributed by atoms with van der Waals surface area (Å²) in [6, 6.07) is 7.32. The largest absolute Gasteiger partial charge is 0.346 e. The predicted octanol–water partition coefficient (Wildman–Crippen LogP) is 3.50. The maximum absolute atomic E-state index is 12.4. The van der Waals surface area contributed by atoms with Crippen molar-refractivity contribution >= 4 is 40.6 Å². The Morgan fingerprint density at radius 3 is 2.32 bits per heavy atom. The molecule has 0 fully saturated rings. The van der Waals surface area contributed by atoms with Crippen LogP contribution in [0.4, 0.5) is 0 Å². The molecule has 4 nitrogen and oxygen atoms in total. The van der Waals surface area contributed by atoms with Crippen LogP contribution < -0.4 is 10.6 Å². The van der Waals surface area contributed by atoms with E-state index in [1.54, 1.807) is 18.2 Å². The number of rotatable bonds is 4. The second-order valence-corrected chi connectivity index (χ2v) is 7.64. The Kier molecular flexibility index (Phi) is 5.15. The van der Waals surface area contributed by atoms with Crippen molar-refractivity contribution in [1.29, 1.82) is 0 Å². The van der Waals surface area contributed by atoms with Gasteiger partial charge in [0.25, 0.3) is 11.8 Å². The lowest BCUT2D eigenvalue weighted by molar-refractivity contribution is -0.119. The summed E-state index contributed by atoms with van der Waals surface area (Å²) in [5, 5.41) is 9.32. The molecular weight excluding hydrogens is 316 g/mol. The molecule has 2 aromatic rings. The van der Waals surface area contributed by atoms with Crippen LogP contribution >= 0.6 is 22.7 Å². The van der Waals surface area contributed by atoms with E-state index in [-0.39, 0.29) is 23.1 Å². The Morgan fingerprint density at radius 2 is 1.77 bits per heavy atom. The van der Waals surface area contributed by atoms with Gasteiger partial charge in [0.05, 0.1) is 4.88 Å². The number of carbonyl (C=O) groups excluding carboxylic acids is 2. The molecule has 22 heavy (non-hydrogen) atoms. The number of amides is 2. The van der Waals surface area contributed by atoms with E-state index in [1.807, 2.05) is 43.7 Å². The molecule has 0 aliphatic rings. The van der Waals surface area contributed by atoms with Crippen LogP contribution in [0.1, 0.15) is 35.3 Å². The Labute approximate surface area is 137 Å². The minimum absolute atomic E-state index is 0.246. The maximum atomic E-state index is 12.4. The fourth-order valence-corrected chi connectivity index (χ4v) is 2.95. The molecule has 0 aliphatic carbocycles. The van der Waals surface area contributed by atoms with E-state index in [2.05, 4.69) is 10.6 Å². The van der Waals surface area contributed by atoms with Crippen LogP contribution in [0.2, 0.25) is 0 Å². The summed E-state index contributed by atoms with van der Waals surface area (Å²) >= 11 is 2.84. The molecule has 0 aromatic carbocycles. The summed E-state index contributed by atoms with van der Waals surface area (Å²) in [7, 11) is 0. The van der Waals surface area contributed by atoms with Gasteiger partial charge in [0.1, 0.15) is 5.70 Å². The molecule has 0 bridgehead atoms. The zero-order valence-corrected chi connectivity index (χ0v) is 14.3. The van der Waals surface area contributed by atoms with Gasteiger partial charge in [-0.25, -0.2) is 0 Å². The zero-order chi connectivity index (χ0) is 16.2. The quantitative estimate of drug-likeness (QED) is 0.841. The standard InChI is InChI=1S/C16H18N2O2S2/c1-16(2,3)18-14(19)12(10-11-6-4-8-21-11)17-15(20)13-7-5-9-22-13/h4-10H,1-3H3,(H,17,20)(H,18,19). The summed E-state index contributed by atoms with van der Waals surface area (Å²) in [5.74, 6) is -0.576. The van der Waals surface area contributed by atoms with E-state index >= 15 is 0 Å². The van der Waals surface area contributed by atoms with Crippen molar-refractivity contribution in [1.82, 2.24) is 10.6 Å². The van der Waals surface area contributed by atoms with Gasteiger partial charge >= 0.3 is 0 Å². The number of thiophene rings is 2. The first-order valence-corrected chi connectivity index (χ1v) is 8.54. The molecule has 0 saturated carbocycles. The summed E-state index contributed by atoms with van der Waals surface area (Å²) in [6.45, 7) is 5.69. The molecule has 2 aromatic heterocycles. The molecule has 0 spiro atoms. The van der Waals surface area contributed by atoms with Crippen LogP contribution in [-0.4, -0.2) is 17.4 Å². The van der Waals surface area contributed by atoms with E-state index in [0.29, 0.717) is 4.88 Å². The number of hydrogen-bond acceptors (Lipinski definition) is 4. The Balaban J connectivity index is 2.22. The topological polar surface area (TPSA) is 58.2 Å². The van der Waals surface area contributed by atoms with E-state index in [0.717, 1.165) is 4.88 Å². The van der Waals surface area contributed by atoms with Crippen LogP contribution in [0.15, 0.2) is 40.7 Å². The van der Waals surface area contributed by atoms with Crippen LogP contribution in [0.25, 0.3) is 6.08 Å². The third-order valence-electron chi connectivity index (χ3n) is 2.56. The second-order valence-electron chi connectivity index (χ2n) is 5.71. The van der Waals surface area contributed by atoms with Crippen LogP contribution in [0.5, 0.6) is 0 Å². The van der Waals surface area contributed by atoms with Gasteiger partial charge in [-0.15, -0.1) is 22.7 Å². The zero-order valence-electron chi connectivity index (χ0n) is 12.7. The van der Waals surface area contributed by atoms with E-state index in [4.69, 9.17) is 0 Å². The smallest absolute Gasteiger partial charge is 0.268 e. The average Bonchev–Trinajstić information content (AvgIpc) is 3.09. The summed E-state index contributed by atoms with van der Waals surface area (Å²) < 4.78 is 0. The van der Waals surface area contributed by atoms with Gasteiger partial charge in [0.2, 0.25) is 0 Å². The van der Waals surface area contributed by atoms with E-state index < -0.39 is 0 Å². The monoisotopic (exact) mass is 334 g/mol. The number of nitrogens with one attached hydrogen (secondary N) is 2. The molecule has 6 heteroatoms. The second kappa shape index (κ2) is 6.89. The number of carbonyl (C=O) groups is 2. The van der Waals surface area contributed by atoms with Gasteiger partial charge in [-0.05, 0) is 49.7 Å². The van der Waals surface area contributed by atoms with Gasteiger partial charge in [0, 0.05) is 10.4 Å². The fraction of sp³-hybridized carbons (Fsp3) is 0.250.